The van der Waals surface area contributed by atoms with Gasteiger partial charge >= 0.3 is 0 Å². The predicted molar refractivity (Wildman–Crippen MR) is 111 cm³/mol. The summed E-state index contributed by atoms with van der Waals surface area (Å²) in [6, 6.07) is 5.92. The van der Waals surface area contributed by atoms with Crippen LogP contribution >= 0.6 is 0 Å². The summed E-state index contributed by atoms with van der Waals surface area (Å²) in [5.74, 6) is 1.37. The smallest absolute Gasteiger partial charge is 0.161 e. The minimum Gasteiger partial charge on any atom is -0.493 e. The molecule has 152 valence electrons. The maximum Gasteiger partial charge on any atom is 0.161 e. The highest BCUT2D eigenvalue weighted by Gasteiger charge is 2.15. The third kappa shape index (κ3) is 8.33. The van der Waals surface area contributed by atoms with Gasteiger partial charge in [0.1, 0.15) is 12.7 Å². The zero-order chi connectivity index (χ0) is 19.5. The van der Waals surface area contributed by atoms with Crippen LogP contribution in [-0.4, -0.2) is 56.0 Å². The van der Waals surface area contributed by atoms with Crippen LogP contribution in [-0.2, 0) is 6.54 Å². The molecule has 1 unspecified atom stereocenters. The summed E-state index contributed by atoms with van der Waals surface area (Å²) < 4.78 is 11.3. The van der Waals surface area contributed by atoms with E-state index in [2.05, 4.69) is 16.8 Å². The summed E-state index contributed by atoms with van der Waals surface area (Å²) in [6.45, 7) is 10.5. The molecule has 0 saturated carbocycles. The molecular weight excluding hydrogens is 340 g/mol. The normalized spacial score (nSPS) is 17.0. The van der Waals surface area contributed by atoms with Crippen LogP contribution in [0.25, 0.3) is 0 Å². The zero-order valence-corrected chi connectivity index (χ0v) is 17.0. The number of methoxy groups -OCH3 is 1. The van der Waals surface area contributed by atoms with Crippen LogP contribution in [0.5, 0.6) is 11.5 Å². The van der Waals surface area contributed by atoms with Gasteiger partial charge in [-0.25, -0.2) is 0 Å². The van der Waals surface area contributed by atoms with Crippen LogP contribution in [0.3, 0.4) is 0 Å². The fourth-order valence-electron chi connectivity index (χ4n) is 3.39. The molecule has 1 aromatic rings. The number of benzene rings is 1. The third-order valence-corrected chi connectivity index (χ3v) is 4.83. The first kappa shape index (κ1) is 21.7. The maximum atomic E-state index is 10.4. The Morgan fingerprint density at radius 1 is 1.19 bits per heavy atom. The summed E-state index contributed by atoms with van der Waals surface area (Å²) >= 11 is 0. The van der Waals surface area contributed by atoms with Gasteiger partial charge in [0.25, 0.3) is 0 Å². The largest absolute Gasteiger partial charge is 0.493 e. The zero-order valence-electron chi connectivity index (χ0n) is 17.0. The van der Waals surface area contributed by atoms with Crippen molar-refractivity contribution in [3.05, 3.63) is 35.9 Å². The molecular formula is C22H36N2O3. The average molecular weight is 377 g/mol. The van der Waals surface area contributed by atoms with Crippen molar-refractivity contribution >= 4 is 0 Å². The molecule has 1 saturated heterocycles. The van der Waals surface area contributed by atoms with Gasteiger partial charge < -0.3 is 24.8 Å². The van der Waals surface area contributed by atoms with Crippen LogP contribution in [0.4, 0.5) is 0 Å². The quantitative estimate of drug-likeness (QED) is 0.613. The standard InChI is InChI=1S/C22H36N2O3/c1-18(2)14-23-15-19-9-10-21(22(13-19)26-3)27-17-20(25)16-24-11-7-5-4-6-8-12-24/h9-10,13,20,23,25H,1,4-8,11-12,14-17H2,2-3H3. The van der Waals surface area contributed by atoms with E-state index in [4.69, 9.17) is 9.47 Å². The van der Waals surface area contributed by atoms with Crippen molar-refractivity contribution in [2.24, 2.45) is 0 Å². The summed E-state index contributed by atoms with van der Waals surface area (Å²) in [5.41, 5.74) is 2.23. The molecule has 5 heteroatoms. The average Bonchev–Trinajstić information content (AvgIpc) is 2.62. The van der Waals surface area contributed by atoms with Crippen molar-refractivity contribution in [1.82, 2.24) is 10.2 Å². The van der Waals surface area contributed by atoms with Crippen LogP contribution in [0.15, 0.2) is 30.4 Å². The van der Waals surface area contributed by atoms with Gasteiger partial charge in [-0.05, 0) is 50.6 Å². The van der Waals surface area contributed by atoms with Crippen molar-refractivity contribution < 1.29 is 14.6 Å². The van der Waals surface area contributed by atoms with Gasteiger partial charge in [0.05, 0.1) is 7.11 Å². The lowest BCUT2D eigenvalue weighted by atomic mass is 10.1. The topological polar surface area (TPSA) is 54.0 Å². The lowest BCUT2D eigenvalue weighted by Crippen LogP contribution is -2.37. The Hall–Kier alpha value is -1.56. The molecule has 0 bridgehead atoms. The van der Waals surface area contributed by atoms with Gasteiger partial charge in [-0.1, -0.05) is 37.5 Å². The summed E-state index contributed by atoms with van der Waals surface area (Å²) in [6.07, 6.45) is 5.90. The van der Waals surface area contributed by atoms with Gasteiger partial charge in [0, 0.05) is 19.6 Å². The molecule has 0 spiro atoms. The lowest BCUT2D eigenvalue weighted by molar-refractivity contribution is 0.0645. The van der Waals surface area contributed by atoms with Gasteiger partial charge in [0.15, 0.2) is 11.5 Å². The SMILES string of the molecule is C=C(C)CNCc1ccc(OCC(O)CN2CCCCCCC2)c(OC)c1. The summed E-state index contributed by atoms with van der Waals surface area (Å²) in [4.78, 5) is 2.36. The molecule has 0 amide bonds. The maximum absolute atomic E-state index is 10.4. The molecule has 0 aromatic heterocycles. The Kier molecular flexibility index (Phi) is 9.67. The van der Waals surface area contributed by atoms with Gasteiger partial charge in [-0.15, -0.1) is 0 Å². The molecule has 1 fully saturated rings. The number of ether oxygens (including phenoxy) is 2. The van der Waals surface area contributed by atoms with Crippen molar-refractivity contribution in [2.75, 3.05) is 39.9 Å². The van der Waals surface area contributed by atoms with Gasteiger partial charge in [0.2, 0.25) is 0 Å². The summed E-state index contributed by atoms with van der Waals surface area (Å²) in [5, 5.41) is 13.7. The lowest BCUT2D eigenvalue weighted by Gasteiger charge is -2.26. The Morgan fingerprint density at radius 2 is 1.89 bits per heavy atom. The second-order valence-corrected chi connectivity index (χ2v) is 7.58. The fourth-order valence-corrected chi connectivity index (χ4v) is 3.39. The number of rotatable bonds is 10. The van der Waals surface area contributed by atoms with E-state index in [0.29, 0.717) is 18.0 Å². The van der Waals surface area contributed by atoms with E-state index < -0.39 is 6.10 Å². The highest BCUT2D eigenvalue weighted by molar-refractivity contribution is 5.43. The number of aliphatic hydroxyl groups excluding tert-OH is 1. The summed E-state index contributed by atoms with van der Waals surface area (Å²) in [7, 11) is 1.64. The number of hydrogen-bond donors (Lipinski definition) is 2. The van der Waals surface area contributed by atoms with E-state index in [1.54, 1.807) is 7.11 Å². The van der Waals surface area contributed by atoms with Crippen molar-refractivity contribution in [3.63, 3.8) is 0 Å². The minimum absolute atomic E-state index is 0.278. The predicted octanol–water partition coefficient (Wildman–Crippen LogP) is 3.37. The first-order chi connectivity index (χ1) is 13.1. The number of hydrogen-bond acceptors (Lipinski definition) is 5. The number of aliphatic hydroxyl groups is 1. The van der Waals surface area contributed by atoms with Crippen molar-refractivity contribution in [1.29, 1.82) is 0 Å². The second-order valence-electron chi connectivity index (χ2n) is 7.58. The third-order valence-electron chi connectivity index (χ3n) is 4.83. The highest BCUT2D eigenvalue weighted by atomic mass is 16.5. The fraction of sp³-hybridized carbons (Fsp3) is 0.636. The van der Waals surface area contributed by atoms with E-state index in [-0.39, 0.29) is 6.61 Å². The molecule has 1 atom stereocenters. The van der Waals surface area contributed by atoms with Gasteiger partial charge in [-0.2, -0.15) is 0 Å². The molecule has 1 aromatic carbocycles. The molecule has 0 radical (unpaired) electrons. The first-order valence-corrected chi connectivity index (χ1v) is 10.1. The highest BCUT2D eigenvalue weighted by Crippen LogP contribution is 2.28. The molecule has 27 heavy (non-hydrogen) atoms. The number of nitrogens with one attached hydrogen (secondary N) is 1. The van der Waals surface area contributed by atoms with E-state index in [1.807, 2.05) is 25.1 Å². The van der Waals surface area contributed by atoms with Crippen LogP contribution < -0.4 is 14.8 Å². The van der Waals surface area contributed by atoms with E-state index in [0.717, 1.165) is 37.3 Å². The van der Waals surface area contributed by atoms with Crippen LogP contribution in [0.1, 0.15) is 44.6 Å². The Morgan fingerprint density at radius 3 is 2.56 bits per heavy atom. The number of likely N-dealkylation sites (tertiary alicyclic amines) is 1. The Balaban J connectivity index is 1.81. The Labute approximate surface area is 164 Å². The Bertz CT molecular complexity index is 569. The van der Waals surface area contributed by atoms with E-state index >= 15 is 0 Å². The monoisotopic (exact) mass is 376 g/mol. The van der Waals surface area contributed by atoms with Crippen molar-refractivity contribution in [2.45, 2.75) is 51.7 Å². The second kappa shape index (κ2) is 12.0. The van der Waals surface area contributed by atoms with Crippen LogP contribution in [0.2, 0.25) is 0 Å². The first-order valence-electron chi connectivity index (χ1n) is 10.1. The molecule has 2 rings (SSSR count). The molecule has 1 aliphatic rings. The van der Waals surface area contributed by atoms with Gasteiger partial charge in [-0.3, -0.25) is 0 Å². The van der Waals surface area contributed by atoms with Crippen LogP contribution in [0, 0.1) is 0 Å². The molecule has 1 heterocycles. The molecule has 1 aliphatic heterocycles. The van der Waals surface area contributed by atoms with E-state index in [9.17, 15) is 5.11 Å². The number of β-amino-alcohol motifs (C(OH)–C–C–N with tert-alkyl or cyclic N) is 1. The number of nitrogens with zero attached hydrogens (tertiary/aromatic N) is 1. The van der Waals surface area contributed by atoms with E-state index in [1.165, 1.54) is 32.1 Å². The minimum atomic E-state index is -0.494. The molecule has 0 aliphatic carbocycles. The molecule has 5 nitrogen and oxygen atoms in total. The van der Waals surface area contributed by atoms with Crippen molar-refractivity contribution in [3.8, 4) is 11.5 Å². The molecule has 2 N–H and O–H groups in total.